The van der Waals surface area contributed by atoms with Gasteiger partial charge in [-0.2, -0.15) is 5.26 Å². The van der Waals surface area contributed by atoms with Gasteiger partial charge in [0.1, 0.15) is 0 Å². The summed E-state index contributed by atoms with van der Waals surface area (Å²) in [5, 5.41) is 7.70. The van der Waals surface area contributed by atoms with Crippen molar-refractivity contribution in [3.63, 3.8) is 0 Å². The molecule has 0 N–H and O–H groups in total. The SMILES string of the molecule is CCC(C#N)S(=O)(=O)N1CCCCO1. The third-order valence-electron chi connectivity index (χ3n) is 2.13. The predicted molar refractivity (Wildman–Crippen MR) is 50.5 cm³/mol. The molecular formula is C8H14N2O3S. The van der Waals surface area contributed by atoms with Gasteiger partial charge in [-0.05, 0) is 19.3 Å². The quantitative estimate of drug-likeness (QED) is 0.697. The number of rotatable bonds is 3. The molecule has 0 aromatic heterocycles. The Labute approximate surface area is 84.3 Å². The van der Waals surface area contributed by atoms with Gasteiger partial charge in [0.05, 0.1) is 12.7 Å². The standard InChI is InChI=1S/C8H14N2O3S/c1-2-8(7-9)14(11,12)10-5-3-4-6-13-10/h8H,2-6H2,1H3. The Morgan fingerprint density at radius 3 is 2.71 bits per heavy atom. The molecule has 0 saturated carbocycles. The molecule has 80 valence electrons. The van der Waals surface area contributed by atoms with Crippen LogP contribution in [0.15, 0.2) is 0 Å². The molecule has 1 aliphatic heterocycles. The van der Waals surface area contributed by atoms with Crippen LogP contribution in [-0.4, -0.2) is 31.3 Å². The first-order valence-corrected chi connectivity index (χ1v) is 6.17. The minimum Gasteiger partial charge on any atom is -0.284 e. The Bertz CT molecular complexity index is 314. The van der Waals surface area contributed by atoms with Crippen molar-refractivity contribution in [1.29, 1.82) is 5.26 Å². The summed E-state index contributed by atoms with van der Waals surface area (Å²) < 4.78 is 24.4. The second kappa shape index (κ2) is 4.73. The van der Waals surface area contributed by atoms with Gasteiger partial charge in [-0.15, -0.1) is 0 Å². The third kappa shape index (κ3) is 2.23. The van der Waals surface area contributed by atoms with E-state index in [1.54, 1.807) is 13.0 Å². The number of hydrogen-bond acceptors (Lipinski definition) is 4. The van der Waals surface area contributed by atoms with Crippen molar-refractivity contribution in [3.8, 4) is 6.07 Å². The molecule has 6 heteroatoms. The van der Waals surface area contributed by atoms with Gasteiger partial charge in [-0.3, -0.25) is 4.84 Å². The fraction of sp³-hybridized carbons (Fsp3) is 0.875. The Morgan fingerprint density at radius 2 is 2.29 bits per heavy atom. The van der Waals surface area contributed by atoms with Crippen molar-refractivity contribution in [1.82, 2.24) is 4.47 Å². The molecule has 1 fully saturated rings. The molecule has 14 heavy (non-hydrogen) atoms. The van der Waals surface area contributed by atoms with Crippen LogP contribution in [0.5, 0.6) is 0 Å². The Balaban J connectivity index is 2.78. The average Bonchev–Trinajstić information content (AvgIpc) is 2.20. The summed E-state index contributed by atoms with van der Waals surface area (Å²) in [5.41, 5.74) is 0. The molecule has 1 atom stereocenters. The molecule has 5 nitrogen and oxygen atoms in total. The maximum atomic E-state index is 11.7. The monoisotopic (exact) mass is 218 g/mol. The second-order valence-electron chi connectivity index (χ2n) is 3.14. The van der Waals surface area contributed by atoms with E-state index in [0.29, 0.717) is 19.6 Å². The molecule has 1 aliphatic rings. The van der Waals surface area contributed by atoms with E-state index in [1.165, 1.54) is 0 Å². The molecule has 0 amide bonds. The van der Waals surface area contributed by atoms with Crippen LogP contribution >= 0.6 is 0 Å². The van der Waals surface area contributed by atoms with E-state index in [1.807, 2.05) is 0 Å². The van der Waals surface area contributed by atoms with Crippen LogP contribution in [0.1, 0.15) is 26.2 Å². The van der Waals surface area contributed by atoms with E-state index in [-0.39, 0.29) is 0 Å². The Morgan fingerprint density at radius 1 is 1.57 bits per heavy atom. The van der Waals surface area contributed by atoms with Crippen molar-refractivity contribution in [2.75, 3.05) is 13.2 Å². The summed E-state index contributed by atoms with van der Waals surface area (Å²) in [5.74, 6) is 0. The van der Waals surface area contributed by atoms with E-state index in [2.05, 4.69) is 0 Å². The highest BCUT2D eigenvalue weighted by atomic mass is 32.2. The first kappa shape index (κ1) is 11.4. The van der Waals surface area contributed by atoms with Crippen molar-refractivity contribution < 1.29 is 13.3 Å². The highest BCUT2D eigenvalue weighted by Gasteiger charge is 2.32. The maximum absolute atomic E-state index is 11.7. The van der Waals surface area contributed by atoms with Crippen molar-refractivity contribution in [3.05, 3.63) is 0 Å². The average molecular weight is 218 g/mol. The van der Waals surface area contributed by atoms with Crippen LogP contribution in [0.2, 0.25) is 0 Å². The predicted octanol–water partition coefficient (Wildman–Crippen LogP) is 0.646. The number of nitriles is 1. The van der Waals surface area contributed by atoms with Crippen LogP contribution in [0, 0.1) is 11.3 Å². The minimum atomic E-state index is -3.57. The lowest BCUT2D eigenvalue weighted by atomic mass is 10.3. The van der Waals surface area contributed by atoms with Gasteiger partial charge in [0.15, 0.2) is 5.25 Å². The van der Waals surface area contributed by atoms with E-state index < -0.39 is 15.3 Å². The van der Waals surface area contributed by atoms with Crippen LogP contribution < -0.4 is 0 Å². The zero-order valence-corrected chi connectivity index (χ0v) is 8.96. The first-order chi connectivity index (χ1) is 6.62. The van der Waals surface area contributed by atoms with Gasteiger partial charge in [0, 0.05) is 6.54 Å². The highest BCUT2D eigenvalue weighted by molar-refractivity contribution is 7.89. The molecule has 0 aliphatic carbocycles. The van der Waals surface area contributed by atoms with Gasteiger partial charge < -0.3 is 0 Å². The lowest BCUT2D eigenvalue weighted by Gasteiger charge is -2.26. The van der Waals surface area contributed by atoms with Gasteiger partial charge in [-0.1, -0.05) is 11.4 Å². The fourth-order valence-corrected chi connectivity index (χ4v) is 2.73. The normalized spacial score (nSPS) is 21.4. The second-order valence-corrected chi connectivity index (χ2v) is 5.14. The number of sulfonamides is 1. The first-order valence-electron chi connectivity index (χ1n) is 4.67. The van der Waals surface area contributed by atoms with Gasteiger partial charge in [0.2, 0.25) is 0 Å². The Hall–Kier alpha value is -0.640. The van der Waals surface area contributed by atoms with E-state index in [0.717, 1.165) is 17.3 Å². The third-order valence-corrected chi connectivity index (χ3v) is 4.14. The molecule has 1 heterocycles. The smallest absolute Gasteiger partial charge is 0.252 e. The van der Waals surface area contributed by atoms with E-state index in [4.69, 9.17) is 10.1 Å². The van der Waals surface area contributed by atoms with E-state index in [9.17, 15) is 8.42 Å². The molecule has 1 saturated heterocycles. The molecule has 0 bridgehead atoms. The minimum absolute atomic E-state index is 0.290. The topological polar surface area (TPSA) is 70.4 Å². The number of hydrogen-bond donors (Lipinski definition) is 0. The number of hydroxylamine groups is 1. The highest BCUT2D eigenvalue weighted by Crippen LogP contribution is 2.16. The number of nitrogens with zero attached hydrogens (tertiary/aromatic N) is 2. The van der Waals surface area contributed by atoms with Crippen molar-refractivity contribution in [2.45, 2.75) is 31.4 Å². The summed E-state index contributed by atoms with van der Waals surface area (Å²) in [6, 6.07) is 1.78. The zero-order chi connectivity index (χ0) is 10.6. The summed E-state index contributed by atoms with van der Waals surface area (Å²) in [4.78, 5) is 5.02. The van der Waals surface area contributed by atoms with Gasteiger partial charge >= 0.3 is 0 Å². The van der Waals surface area contributed by atoms with Gasteiger partial charge in [0.25, 0.3) is 10.0 Å². The van der Waals surface area contributed by atoms with Crippen molar-refractivity contribution >= 4 is 10.0 Å². The molecule has 1 unspecified atom stereocenters. The maximum Gasteiger partial charge on any atom is 0.252 e. The molecule has 0 aromatic rings. The molecule has 0 radical (unpaired) electrons. The molecule has 1 rings (SSSR count). The Kier molecular flexibility index (Phi) is 3.86. The summed E-state index contributed by atoms with van der Waals surface area (Å²) in [6.45, 7) is 2.46. The summed E-state index contributed by atoms with van der Waals surface area (Å²) in [7, 11) is -3.57. The molecular weight excluding hydrogens is 204 g/mol. The molecule has 0 spiro atoms. The molecule has 0 aromatic carbocycles. The summed E-state index contributed by atoms with van der Waals surface area (Å²) in [6.07, 6.45) is 1.95. The van der Waals surface area contributed by atoms with Crippen LogP contribution in [0.3, 0.4) is 0 Å². The van der Waals surface area contributed by atoms with Crippen LogP contribution in [-0.2, 0) is 14.9 Å². The summed E-state index contributed by atoms with van der Waals surface area (Å²) >= 11 is 0. The van der Waals surface area contributed by atoms with Gasteiger partial charge in [-0.25, -0.2) is 8.42 Å². The van der Waals surface area contributed by atoms with Crippen molar-refractivity contribution in [2.24, 2.45) is 0 Å². The van der Waals surface area contributed by atoms with Crippen LogP contribution in [0.25, 0.3) is 0 Å². The van der Waals surface area contributed by atoms with E-state index >= 15 is 0 Å². The lowest BCUT2D eigenvalue weighted by Crippen LogP contribution is -2.41. The largest absolute Gasteiger partial charge is 0.284 e. The zero-order valence-electron chi connectivity index (χ0n) is 8.14. The fourth-order valence-electron chi connectivity index (χ4n) is 1.29. The van der Waals surface area contributed by atoms with Crippen LogP contribution in [0.4, 0.5) is 0 Å². The lowest BCUT2D eigenvalue weighted by molar-refractivity contribution is -0.109.